The molecule has 0 aliphatic heterocycles. The summed E-state index contributed by atoms with van der Waals surface area (Å²) in [6, 6.07) is 1.11. The zero-order chi connectivity index (χ0) is 21.4. The number of methoxy groups -OCH3 is 2. The molecule has 0 amide bonds. The Hall–Kier alpha value is -3.47. The molecule has 1 heterocycles. The zero-order valence-electron chi connectivity index (χ0n) is 16.1. The average Bonchev–Trinajstić information content (AvgIpc) is 2.73. The van der Waals surface area contributed by atoms with E-state index in [9.17, 15) is 8.78 Å². The molecular weight excluding hydrogens is 388 g/mol. The van der Waals surface area contributed by atoms with Crippen molar-refractivity contribution in [2.24, 2.45) is 10.7 Å². The van der Waals surface area contributed by atoms with Crippen LogP contribution in [0.25, 0.3) is 0 Å². The Morgan fingerprint density at radius 2 is 1.79 bits per heavy atom. The number of aliphatic hydroxyl groups is 1. The van der Waals surface area contributed by atoms with Gasteiger partial charge in [-0.1, -0.05) is 0 Å². The monoisotopic (exact) mass is 409 g/mol. The number of aromatic nitrogens is 2. The SMILES string of the molecule is CN/C(=C\C(N)=N/c1ncc(OCc2c(F)c(OC)cc(OC)c2F)cn1)CO. The Balaban J connectivity index is 2.15. The first-order valence-electron chi connectivity index (χ1n) is 8.30. The highest BCUT2D eigenvalue weighted by Gasteiger charge is 2.20. The molecule has 29 heavy (non-hydrogen) atoms. The van der Waals surface area contributed by atoms with Crippen molar-refractivity contribution in [2.75, 3.05) is 27.9 Å². The molecule has 1 aromatic carbocycles. The Kier molecular flexibility index (Phi) is 7.66. The molecule has 0 fully saturated rings. The van der Waals surface area contributed by atoms with Gasteiger partial charge in [0.15, 0.2) is 28.9 Å². The molecule has 0 aliphatic rings. The maximum atomic E-state index is 14.3. The third kappa shape index (κ3) is 5.51. The predicted molar refractivity (Wildman–Crippen MR) is 101 cm³/mol. The first-order valence-corrected chi connectivity index (χ1v) is 8.30. The van der Waals surface area contributed by atoms with Gasteiger partial charge in [0.2, 0.25) is 0 Å². The summed E-state index contributed by atoms with van der Waals surface area (Å²) >= 11 is 0. The van der Waals surface area contributed by atoms with Gasteiger partial charge in [0.25, 0.3) is 5.95 Å². The summed E-state index contributed by atoms with van der Waals surface area (Å²) in [5.41, 5.74) is 5.82. The van der Waals surface area contributed by atoms with E-state index < -0.39 is 18.2 Å². The van der Waals surface area contributed by atoms with Gasteiger partial charge in [-0.3, -0.25) is 0 Å². The summed E-state index contributed by atoms with van der Waals surface area (Å²) in [5, 5.41) is 11.8. The Bertz CT molecular complexity index is 870. The number of likely N-dealkylation sites (N-methyl/N-ethyl adjacent to an activating group) is 1. The van der Waals surface area contributed by atoms with Gasteiger partial charge in [0, 0.05) is 24.9 Å². The van der Waals surface area contributed by atoms with E-state index in [1.54, 1.807) is 7.05 Å². The van der Waals surface area contributed by atoms with Crippen LogP contribution in [0.2, 0.25) is 0 Å². The molecule has 0 spiro atoms. The van der Waals surface area contributed by atoms with E-state index in [1.807, 2.05) is 0 Å². The third-order valence-corrected chi connectivity index (χ3v) is 3.70. The lowest BCUT2D eigenvalue weighted by molar-refractivity contribution is 0.280. The summed E-state index contributed by atoms with van der Waals surface area (Å²) in [7, 11) is 4.14. The van der Waals surface area contributed by atoms with Gasteiger partial charge in [-0.05, 0) is 0 Å². The van der Waals surface area contributed by atoms with E-state index >= 15 is 0 Å². The second-order valence-electron chi connectivity index (χ2n) is 5.51. The predicted octanol–water partition coefficient (Wildman–Crippen LogP) is 1.44. The van der Waals surface area contributed by atoms with Gasteiger partial charge >= 0.3 is 0 Å². The molecule has 11 heteroatoms. The quantitative estimate of drug-likeness (QED) is 0.420. The van der Waals surface area contributed by atoms with E-state index in [4.69, 9.17) is 25.1 Å². The molecule has 0 radical (unpaired) electrons. The lowest BCUT2D eigenvalue weighted by Crippen LogP contribution is -2.16. The van der Waals surface area contributed by atoms with Crippen molar-refractivity contribution in [2.45, 2.75) is 6.61 Å². The third-order valence-electron chi connectivity index (χ3n) is 3.70. The Morgan fingerprint density at radius 3 is 2.28 bits per heavy atom. The first-order chi connectivity index (χ1) is 13.9. The average molecular weight is 409 g/mol. The second kappa shape index (κ2) is 10.2. The van der Waals surface area contributed by atoms with Gasteiger partial charge in [-0.25, -0.2) is 18.7 Å². The summed E-state index contributed by atoms with van der Waals surface area (Å²) in [6.45, 7) is -0.674. The molecule has 0 saturated heterocycles. The normalized spacial score (nSPS) is 11.9. The van der Waals surface area contributed by atoms with Gasteiger partial charge in [-0.2, -0.15) is 4.99 Å². The number of aliphatic imine (C=N–C) groups is 1. The number of ether oxygens (including phenoxy) is 3. The largest absolute Gasteiger partial charge is 0.494 e. The summed E-state index contributed by atoms with van der Waals surface area (Å²) in [4.78, 5) is 11.9. The topological polar surface area (TPSA) is 124 Å². The first kappa shape index (κ1) is 21.8. The number of nitrogens with zero attached hydrogens (tertiary/aromatic N) is 3. The molecule has 1 aromatic heterocycles. The van der Waals surface area contributed by atoms with E-state index in [-0.39, 0.29) is 41.2 Å². The fourth-order valence-corrected chi connectivity index (χ4v) is 2.18. The molecule has 0 atom stereocenters. The minimum atomic E-state index is -0.892. The molecule has 156 valence electrons. The Morgan fingerprint density at radius 1 is 1.21 bits per heavy atom. The van der Waals surface area contributed by atoms with Crippen LogP contribution in [0, 0.1) is 11.6 Å². The van der Waals surface area contributed by atoms with Gasteiger partial charge < -0.3 is 30.4 Å². The summed E-state index contributed by atoms with van der Waals surface area (Å²) in [5.74, 6) is -1.85. The smallest absolute Gasteiger partial charge is 0.251 e. The van der Waals surface area contributed by atoms with Crippen molar-refractivity contribution < 1.29 is 28.1 Å². The highest BCUT2D eigenvalue weighted by atomic mass is 19.1. The molecule has 2 rings (SSSR count). The highest BCUT2D eigenvalue weighted by molar-refractivity contribution is 5.93. The number of halogens is 2. The van der Waals surface area contributed by atoms with Crippen molar-refractivity contribution >= 4 is 11.8 Å². The minimum Gasteiger partial charge on any atom is -0.494 e. The molecule has 0 bridgehead atoms. The van der Waals surface area contributed by atoms with Crippen LogP contribution in [0.3, 0.4) is 0 Å². The molecular formula is C18H21F2N5O4. The van der Waals surface area contributed by atoms with E-state index in [0.29, 0.717) is 5.70 Å². The van der Waals surface area contributed by atoms with Crippen LogP contribution in [-0.2, 0) is 6.61 Å². The lowest BCUT2D eigenvalue weighted by atomic mass is 10.1. The number of hydrogen-bond acceptors (Lipinski definition) is 8. The molecule has 9 nitrogen and oxygen atoms in total. The number of nitrogens with two attached hydrogens (primary N) is 1. The maximum Gasteiger partial charge on any atom is 0.251 e. The van der Waals surface area contributed by atoms with Crippen molar-refractivity contribution in [1.29, 1.82) is 0 Å². The van der Waals surface area contributed by atoms with E-state index in [0.717, 1.165) is 6.07 Å². The minimum absolute atomic E-state index is 0.0416. The second-order valence-corrected chi connectivity index (χ2v) is 5.51. The summed E-state index contributed by atoms with van der Waals surface area (Å²) in [6.07, 6.45) is 3.98. The van der Waals surface area contributed by atoms with Crippen LogP contribution in [0.5, 0.6) is 17.2 Å². The molecule has 0 aliphatic carbocycles. The summed E-state index contributed by atoms with van der Waals surface area (Å²) < 4.78 is 43.8. The highest BCUT2D eigenvalue weighted by Crippen LogP contribution is 2.31. The molecule has 4 N–H and O–H groups in total. The number of nitrogens with one attached hydrogen (secondary N) is 1. The van der Waals surface area contributed by atoms with Gasteiger partial charge in [0.1, 0.15) is 12.4 Å². The Labute approximate surface area is 165 Å². The fourth-order valence-electron chi connectivity index (χ4n) is 2.18. The van der Waals surface area contributed by atoms with Crippen molar-refractivity contribution in [3.8, 4) is 17.2 Å². The van der Waals surface area contributed by atoms with Crippen LogP contribution < -0.4 is 25.3 Å². The van der Waals surface area contributed by atoms with Gasteiger partial charge in [0.05, 0.1) is 38.8 Å². The number of rotatable bonds is 9. The van der Waals surface area contributed by atoms with Crippen LogP contribution in [0.15, 0.2) is 35.2 Å². The van der Waals surface area contributed by atoms with E-state index in [1.165, 1.54) is 32.7 Å². The van der Waals surface area contributed by atoms with Crippen molar-refractivity contribution in [1.82, 2.24) is 15.3 Å². The van der Waals surface area contributed by atoms with Crippen molar-refractivity contribution in [3.05, 3.63) is 47.4 Å². The zero-order valence-corrected chi connectivity index (χ0v) is 16.1. The van der Waals surface area contributed by atoms with Crippen LogP contribution in [0.4, 0.5) is 14.7 Å². The number of hydrogen-bond donors (Lipinski definition) is 3. The number of benzene rings is 1. The molecule has 0 saturated carbocycles. The van der Waals surface area contributed by atoms with Crippen LogP contribution >= 0.6 is 0 Å². The number of aliphatic hydroxyl groups excluding tert-OH is 1. The number of amidine groups is 1. The standard InChI is InChI=1S/C18H21F2N5O4/c1-22-10(8-26)4-15(21)25-18-23-6-11(7-24-18)29-9-12-16(19)13(27-2)5-14(28-3)17(12)20/h4-7,22,26H,8-9H2,1-3H3,(H2,21,23,24,25)/b10-4-. The van der Waals surface area contributed by atoms with Crippen LogP contribution in [0.1, 0.15) is 5.56 Å². The fraction of sp³-hybridized carbons (Fsp3) is 0.278. The van der Waals surface area contributed by atoms with E-state index in [2.05, 4.69) is 20.3 Å². The van der Waals surface area contributed by atoms with Crippen LogP contribution in [-0.4, -0.2) is 48.8 Å². The maximum absolute atomic E-state index is 14.3. The molecule has 0 unspecified atom stereocenters. The lowest BCUT2D eigenvalue weighted by Gasteiger charge is -2.13. The van der Waals surface area contributed by atoms with Gasteiger partial charge in [-0.15, -0.1) is 0 Å². The van der Waals surface area contributed by atoms with Crippen molar-refractivity contribution in [3.63, 3.8) is 0 Å². The molecule has 2 aromatic rings.